The Morgan fingerprint density at radius 3 is 2.30 bits per heavy atom. The molecule has 0 atom stereocenters. The molecule has 20 heavy (non-hydrogen) atoms. The highest BCUT2D eigenvalue weighted by atomic mass is 32.1. The Labute approximate surface area is 124 Å². The van der Waals surface area contributed by atoms with Gasteiger partial charge in [-0.3, -0.25) is 0 Å². The lowest BCUT2D eigenvalue weighted by Crippen LogP contribution is -1.89. The van der Waals surface area contributed by atoms with Gasteiger partial charge in [0.15, 0.2) is 0 Å². The number of thiazole rings is 1. The molecule has 100 valence electrons. The van der Waals surface area contributed by atoms with Gasteiger partial charge in [-0.15, -0.1) is 11.3 Å². The number of hydrogen-bond acceptors (Lipinski definition) is 2. The minimum atomic E-state index is 1.08. The molecule has 0 amide bonds. The lowest BCUT2D eigenvalue weighted by atomic mass is 9.99. The summed E-state index contributed by atoms with van der Waals surface area (Å²) in [6.45, 7) is 6.47. The molecule has 2 aromatic carbocycles. The molecule has 1 heterocycles. The van der Waals surface area contributed by atoms with Crippen molar-refractivity contribution >= 4 is 11.3 Å². The summed E-state index contributed by atoms with van der Waals surface area (Å²) in [4.78, 5) is 4.80. The molecule has 0 bridgehead atoms. The van der Waals surface area contributed by atoms with Crippen LogP contribution in [0.25, 0.3) is 21.8 Å². The van der Waals surface area contributed by atoms with Crippen molar-refractivity contribution in [1.82, 2.24) is 4.98 Å². The zero-order valence-electron chi connectivity index (χ0n) is 12.0. The molecule has 0 saturated heterocycles. The van der Waals surface area contributed by atoms with Gasteiger partial charge in [0.25, 0.3) is 0 Å². The van der Waals surface area contributed by atoms with Crippen LogP contribution >= 0.6 is 11.3 Å². The zero-order chi connectivity index (χ0) is 14.1. The molecular weight excluding hydrogens is 262 g/mol. The normalized spacial score (nSPS) is 10.8. The van der Waals surface area contributed by atoms with E-state index < -0.39 is 0 Å². The minimum Gasteiger partial charge on any atom is -0.236 e. The van der Waals surface area contributed by atoms with Gasteiger partial charge in [-0.2, -0.15) is 0 Å². The average molecular weight is 279 g/mol. The Kier molecular flexibility index (Phi) is 3.41. The van der Waals surface area contributed by atoms with Gasteiger partial charge in [0, 0.05) is 16.5 Å². The molecule has 0 radical (unpaired) electrons. The van der Waals surface area contributed by atoms with Crippen molar-refractivity contribution in [3.05, 3.63) is 64.5 Å². The fraction of sp³-hybridized carbons (Fsp3) is 0.167. The first kappa shape index (κ1) is 13.1. The maximum Gasteiger partial charge on any atom is 0.124 e. The van der Waals surface area contributed by atoms with Crippen LogP contribution in [0, 0.1) is 20.8 Å². The van der Waals surface area contributed by atoms with Gasteiger partial charge in [-0.1, -0.05) is 36.4 Å². The van der Waals surface area contributed by atoms with Gasteiger partial charge in [0.2, 0.25) is 0 Å². The van der Waals surface area contributed by atoms with E-state index in [9.17, 15) is 0 Å². The topological polar surface area (TPSA) is 12.9 Å². The maximum absolute atomic E-state index is 4.80. The molecule has 0 N–H and O–H groups in total. The minimum absolute atomic E-state index is 1.08. The highest BCUT2D eigenvalue weighted by molar-refractivity contribution is 7.13. The summed E-state index contributed by atoms with van der Waals surface area (Å²) in [5.74, 6) is 0. The van der Waals surface area contributed by atoms with E-state index >= 15 is 0 Å². The fourth-order valence-corrected chi connectivity index (χ4v) is 3.17. The van der Waals surface area contributed by atoms with Crippen molar-refractivity contribution < 1.29 is 0 Å². The molecule has 2 heteroatoms. The smallest absolute Gasteiger partial charge is 0.124 e. The molecule has 1 nitrogen and oxygen atoms in total. The lowest BCUT2D eigenvalue weighted by molar-refractivity contribution is 1.28. The van der Waals surface area contributed by atoms with Crippen molar-refractivity contribution in [2.24, 2.45) is 0 Å². The lowest BCUT2D eigenvalue weighted by Gasteiger charge is -2.07. The Balaban J connectivity index is 2.05. The Bertz CT molecular complexity index is 741. The Morgan fingerprint density at radius 2 is 1.55 bits per heavy atom. The van der Waals surface area contributed by atoms with Crippen molar-refractivity contribution in [3.8, 4) is 21.8 Å². The Hall–Kier alpha value is -1.93. The van der Waals surface area contributed by atoms with Crippen LogP contribution in [0.2, 0.25) is 0 Å². The molecule has 1 aromatic heterocycles. The summed E-state index contributed by atoms with van der Waals surface area (Å²) in [7, 11) is 0. The summed E-state index contributed by atoms with van der Waals surface area (Å²) >= 11 is 1.71. The first-order chi connectivity index (χ1) is 9.65. The van der Waals surface area contributed by atoms with E-state index in [1.807, 2.05) is 6.07 Å². The fourth-order valence-electron chi connectivity index (χ4n) is 2.35. The SMILES string of the molecule is Cc1cc(C)c(-c2csc(-c3ccccc3)n2)cc1C. The number of hydrogen-bond donors (Lipinski definition) is 0. The first-order valence-corrected chi connectivity index (χ1v) is 7.62. The van der Waals surface area contributed by atoms with Crippen LogP contribution in [0.5, 0.6) is 0 Å². The predicted molar refractivity (Wildman–Crippen MR) is 87.2 cm³/mol. The van der Waals surface area contributed by atoms with E-state index in [4.69, 9.17) is 4.98 Å². The molecular formula is C18H17NS. The second kappa shape index (κ2) is 5.22. The van der Waals surface area contributed by atoms with E-state index in [2.05, 4.69) is 62.5 Å². The van der Waals surface area contributed by atoms with E-state index in [1.54, 1.807) is 11.3 Å². The van der Waals surface area contributed by atoms with Crippen molar-refractivity contribution in [1.29, 1.82) is 0 Å². The molecule has 0 saturated carbocycles. The van der Waals surface area contributed by atoms with E-state index in [-0.39, 0.29) is 0 Å². The summed E-state index contributed by atoms with van der Waals surface area (Å²) in [6, 6.07) is 14.8. The first-order valence-electron chi connectivity index (χ1n) is 6.74. The van der Waals surface area contributed by atoms with Crippen LogP contribution in [-0.4, -0.2) is 4.98 Å². The number of aromatic nitrogens is 1. The second-order valence-electron chi connectivity index (χ2n) is 5.16. The summed E-state index contributed by atoms with van der Waals surface area (Å²) < 4.78 is 0. The van der Waals surface area contributed by atoms with Crippen LogP contribution in [0.1, 0.15) is 16.7 Å². The van der Waals surface area contributed by atoms with E-state index in [1.165, 1.54) is 27.8 Å². The number of aryl methyl sites for hydroxylation is 3. The van der Waals surface area contributed by atoms with Gasteiger partial charge >= 0.3 is 0 Å². The number of benzene rings is 2. The largest absolute Gasteiger partial charge is 0.236 e. The van der Waals surface area contributed by atoms with Gasteiger partial charge in [-0.25, -0.2) is 4.98 Å². The molecule has 3 aromatic rings. The maximum atomic E-state index is 4.80. The predicted octanol–water partition coefficient (Wildman–Crippen LogP) is 5.40. The van der Waals surface area contributed by atoms with Crippen LogP contribution in [-0.2, 0) is 0 Å². The van der Waals surface area contributed by atoms with Crippen molar-refractivity contribution in [3.63, 3.8) is 0 Å². The standard InChI is InChI=1S/C18H17NS/c1-12-9-14(3)16(10-13(12)2)17-11-20-18(19-17)15-7-5-4-6-8-15/h4-11H,1-3H3. The second-order valence-corrected chi connectivity index (χ2v) is 6.01. The Morgan fingerprint density at radius 1 is 0.850 bits per heavy atom. The van der Waals surface area contributed by atoms with Crippen molar-refractivity contribution in [2.45, 2.75) is 20.8 Å². The molecule has 0 aliphatic carbocycles. The van der Waals surface area contributed by atoms with Gasteiger partial charge < -0.3 is 0 Å². The van der Waals surface area contributed by atoms with Gasteiger partial charge in [-0.05, 0) is 43.5 Å². The van der Waals surface area contributed by atoms with Crippen LogP contribution < -0.4 is 0 Å². The monoisotopic (exact) mass is 279 g/mol. The molecule has 0 aliphatic rings. The summed E-state index contributed by atoms with van der Waals surface area (Å²) in [5.41, 5.74) is 7.45. The van der Waals surface area contributed by atoms with Crippen molar-refractivity contribution in [2.75, 3.05) is 0 Å². The third kappa shape index (κ3) is 2.39. The number of nitrogens with zero attached hydrogens (tertiary/aromatic N) is 1. The molecule has 0 fully saturated rings. The van der Waals surface area contributed by atoms with E-state index in [0.717, 1.165) is 10.7 Å². The van der Waals surface area contributed by atoms with Crippen LogP contribution in [0.3, 0.4) is 0 Å². The molecule has 3 rings (SSSR count). The van der Waals surface area contributed by atoms with Gasteiger partial charge in [0.1, 0.15) is 5.01 Å². The zero-order valence-corrected chi connectivity index (χ0v) is 12.8. The average Bonchev–Trinajstić information content (AvgIpc) is 2.93. The highest BCUT2D eigenvalue weighted by Gasteiger charge is 2.09. The quantitative estimate of drug-likeness (QED) is 0.612. The summed E-state index contributed by atoms with van der Waals surface area (Å²) in [6.07, 6.45) is 0. The molecule has 0 aliphatic heterocycles. The third-order valence-corrected chi connectivity index (χ3v) is 4.53. The molecule has 0 unspecified atom stereocenters. The number of rotatable bonds is 2. The third-order valence-electron chi connectivity index (χ3n) is 3.64. The van der Waals surface area contributed by atoms with Crippen LogP contribution in [0.15, 0.2) is 47.8 Å². The molecule has 0 spiro atoms. The van der Waals surface area contributed by atoms with Gasteiger partial charge in [0.05, 0.1) is 5.69 Å². The summed E-state index contributed by atoms with van der Waals surface area (Å²) in [5, 5.41) is 3.23. The van der Waals surface area contributed by atoms with E-state index in [0.29, 0.717) is 0 Å². The van der Waals surface area contributed by atoms with Crippen LogP contribution in [0.4, 0.5) is 0 Å². The highest BCUT2D eigenvalue weighted by Crippen LogP contribution is 2.31.